The van der Waals surface area contributed by atoms with Crippen molar-refractivity contribution < 1.29 is 23.1 Å². The molecule has 0 aliphatic carbocycles. The maximum absolute atomic E-state index is 12.1. The SMILES string of the molecule is CN(C)C(=O)CCCS(=O)(=O)c1ccc(Br)c(C(=O)O)c1. The maximum atomic E-state index is 12.1. The predicted octanol–water partition coefficient (Wildman–Crippen LogP) is 1.79. The lowest BCUT2D eigenvalue weighted by atomic mass is 10.2. The fraction of sp³-hybridized carbons (Fsp3) is 0.385. The van der Waals surface area contributed by atoms with Crippen LogP contribution in [0, 0.1) is 0 Å². The average molecular weight is 378 g/mol. The summed E-state index contributed by atoms with van der Waals surface area (Å²) in [6, 6.07) is 3.86. The quantitative estimate of drug-likeness (QED) is 0.815. The minimum absolute atomic E-state index is 0.0552. The van der Waals surface area contributed by atoms with Crippen molar-refractivity contribution in [2.75, 3.05) is 19.8 Å². The first-order valence-electron chi connectivity index (χ1n) is 6.11. The summed E-state index contributed by atoms with van der Waals surface area (Å²) in [6.45, 7) is 0. The number of benzene rings is 1. The van der Waals surface area contributed by atoms with E-state index in [4.69, 9.17) is 5.11 Å². The van der Waals surface area contributed by atoms with Crippen LogP contribution < -0.4 is 0 Å². The molecule has 0 radical (unpaired) electrons. The topological polar surface area (TPSA) is 91.8 Å². The normalized spacial score (nSPS) is 11.2. The molecule has 0 spiro atoms. The molecule has 6 nitrogen and oxygen atoms in total. The van der Waals surface area contributed by atoms with Crippen LogP contribution in [0.2, 0.25) is 0 Å². The number of aromatic carboxylic acids is 1. The van der Waals surface area contributed by atoms with Gasteiger partial charge in [-0.25, -0.2) is 13.2 Å². The van der Waals surface area contributed by atoms with Gasteiger partial charge in [0.2, 0.25) is 5.91 Å². The Morgan fingerprint density at radius 1 is 1.29 bits per heavy atom. The van der Waals surface area contributed by atoms with Crippen LogP contribution in [0.5, 0.6) is 0 Å². The molecule has 8 heteroatoms. The molecule has 0 fully saturated rings. The van der Waals surface area contributed by atoms with Crippen LogP contribution >= 0.6 is 15.9 Å². The van der Waals surface area contributed by atoms with Crippen LogP contribution in [0.1, 0.15) is 23.2 Å². The van der Waals surface area contributed by atoms with Crippen LogP contribution in [0.3, 0.4) is 0 Å². The van der Waals surface area contributed by atoms with Crippen molar-refractivity contribution in [1.29, 1.82) is 0 Å². The second-order valence-electron chi connectivity index (χ2n) is 4.66. The van der Waals surface area contributed by atoms with E-state index in [0.717, 1.165) is 6.07 Å². The van der Waals surface area contributed by atoms with Gasteiger partial charge in [0, 0.05) is 25.0 Å². The van der Waals surface area contributed by atoms with Crippen LogP contribution in [-0.4, -0.2) is 50.1 Å². The van der Waals surface area contributed by atoms with Gasteiger partial charge in [0.15, 0.2) is 9.84 Å². The molecule has 0 aromatic heterocycles. The summed E-state index contributed by atoms with van der Waals surface area (Å²) in [7, 11) is -0.406. The monoisotopic (exact) mass is 377 g/mol. The van der Waals surface area contributed by atoms with Crippen molar-refractivity contribution in [3.63, 3.8) is 0 Å². The van der Waals surface area contributed by atoms with E-state index < -0.39 is 15.8 Å². The number of nitrogens with zero attached hydrogens (tertiary/aromatic N) is 1. The van der Waals surface area contributed by atoms with Crippen molar-refractivity contribution in [3.8, 4) is 0 Å². The van der Waals surface area contributed by atoms with Crippen molar-refractivity contribution in [3.05, 3.63) is 28.2 Å². The Kier molecular flexibility index (Phi) is 5.91. The smallest absolute Gasteiger partial charge is 0.336 e. The minimum Gasteiger partial charge on any atom is -0.478 e. The lowest BCUT2D eigenvalue weighted by Crippen LogP contribution is -2.22. The zero-order valence-electron chi connectivity index (χ0n) is 11.7. The Bertz CT molecular complexity index is 655. The van der Waals surface area contributed by atoms with Crippen LogP contribution in [0.25, 0.3) is 0 Å². The first kappa shape index (κ1) is 17.6. The number of carbonyl (C=O) groups is 2. The van der Waals surface area contributed by atoms with E-state index in [1.807, 2.05) is 0 Å². The van der Waals surface area contributed by atoms with Gasteiger partial charge in [0.05, 0.1) is 16.2 Å². The van der Waals surface area contributed by atoms with E-state index in [0.29, 0.717) is 4.47 Å². The van der Waals surface area contributed by atoms with E-state index in [-0.39, 0.29) is 35.0 Å². The van der Waals surface area contributed by atoms with Crippen molar-refractivity contribution in [2.45, 2.75) is 17.7 Å². The molecule has 0 unspecified atom stereocenters. The first-order valence-corrected chi connectivity index (χ1v) is 8.55. The van der Waals surface area contributed by atoms with Gasteiger partial charge in [-0.2, -0.15) is 0 Å². The van der Waals surface area contributed by atoms with Gasteiger partial charge in [-0.3, -0.25) is 4.79 Å². The zero-order chi connectivity index (χ0) is 16.2. The fourth-order valence-corrected chi connectivity index (χ4v) is 3.37. The number of sulfone groups is 1. The summed E-state index contributed by atoms with van der Waals surface area (Å²) < 4.78 is 24.6. The highest BCUT2D eigenvalue weighted by molar-refractivity contribution is 9.10. The van der Waals surface area contributed by atoms with Gasteiger partial charge in [0.1, 0.15) is 0 Å². The highest BCUT2D eigenvalue weighted by Gasteiger charge is 2.19. The summed E-state index contributed by atoms with van der Waals surface area (Å²) in [4.78, 5) is 23.7. The second kappa shape index (κ2) is 7.04. The zero-order valence-corrected chi connectivity index (χ0v) is 14.1. The molecule has 0 aliphatic rings. The third-order valence-electron chi connectivity index (χ3n) is 2.83. The largest absolute Gasteiger partial charge is 0.478 e. The van der Waals surface area contributed by atoms with E-state index in [2.05, 4.69) is 15.9 Å². The molecule has 1 amide bonds. The number of halogens is 1. The molecule has 0 aliphatic heterocycles. The first-order chi connectivity index (χ1) is 9.65. The number of amides is 1. The molecule has 21 heavy (non-hydrogen) atoms. The molecule has 0 saturated heterocycles. The fourth-order valence-electron chi connectivity index (χ4n) is 1.62. The van der Waals surface area contributed by atoms with E-state index in [1.54, 1.807) is 14.1 Å². The summed E-state index contributed by atoms with van der Waals surface area (Å²) in [5, 5.41) is 8.99. The average Bonchev–Trinajstić information content (AvgIpc) is 2.38. The maximum Gasteiger partial charge on any atom is 0.336 e. The predicted molar refractivity (Wildman–Crippen MR) is 81.1 cm³/mol. The van der Waals surface area contributed by atoms with Gasteiger partial charge in [-0.15, -0.1) is 0 Å². The van der Waals surface area contributed by atoms with Gasteiger partial charge in [0.25, 0.3) is 0 Å². The van der Waals surface area contributed by atoms with Crippen molar-refractivity contribution in [1.82, 2.24) is 4.90 Å². The molecule has 1 rings (SSSR count). The highest BCUT2D eigenvalue weighted by atomic mass is 79.9. The Morgan fingerprint density at radius 3 is 2.43 bits per heavy atom. The number of rotatable bonds is 6. The molecular weight excluding hydrogens is 362 g/mol. The summed E-state index contributed by atoms with van der Waals surface area (Å²) in [6.07, 6.45) is 0.326. The van der Waals surface area contributed by atoms with Gasteiger partial charge >= 0.3 is 5.97 Å². The van der Waals surface area contributed by atoms with E-state index >= 15 is 0 Å². The molecule has 1 aromatic rings. The molecule has 0 heterocycles. The molecule has 0 atom stereocenters. The third kappa shape index (κ3) is 4.82. The lowest BCUT2D eigenvalue weighted by molar-refractivity contribution is -0.128. The van der Waals surface area contributed by atoms with Gasteiger partial charge in [-0.1, -0.05) is 0 Å². The lowest BCUT2D eigenvalue weighted by Gasteiger charge is -2.10. The Labute approximate surface area is 131 Å². The summed E-state index contributed by atoms with van der Waals surface area (Å²) in [5.41, 5.74) is -0.111. The molecule has 116 valence electrons. The number of hydrogen-bond donors (Lipinski definition) is 1. The Morgan fingerprint density at radius 2 is 1.90 bits per heavy atom. The van der Waals surface area contributed by atoms with E-state index in [1.165, 1.54) is 17.0 Å². The number of carbonyl (C=O) groups excluding carboxylic acids is 1. The second-order valence-corrected chi connectivity index (χ2v) is 7.62. The van der Waals surface area contributed by atoms with E-state index in [9.17, 15) is 18.0 Å². The number of carboxylic acids is 1. The summed E-state index contributed by atoms with van der Waals surface area (Å²) in [5.74, 6) is -1.55. The summed E-state index contributed by atoms with van der Waals surface area (Å²) >= 11 is 3.06. The molecule has 0 saturated carbocycles. The van der Waals surface area contributed by atoms with Crippen LogP contribution in [0.4, 0.5) is 0 Å². The standard InChI is InChI=1S/C13H16BrNO5S/c1-15(2)12(16)4-3-7-21(19,20)9-5-6-11(14)10(8-9)13(17)18/h5-6,8H,3-4,7H2,1-2H3,(H,17,18). The Balaban J connectivity index is 2.86. The number of hydrogen-bond acceptors (Lipinski definition) is 4. The minimum atomic E-state index is -3.61. The Hall–Kier alpha value is -1.41. The third-order valence-corrected chi connectivity index (χ3v) is 5.32. The van der Waals surface area contributed by atoms with Gasteiger partial charge < -0.3 is 10.0 Å². The van der Waals surface area contributed by atoms with Crippen molar-refractivity contribution in [2.24, 2.45) is 0 Å². The van der Waals surface area contributed by atoms with Crippen LogP contribution in [0.15, 0.2) is 27.6 Å². The molecule has 1 aromatic carbocycles. The molecule has 1 N–H and O–H groups in total. The number of carboxylic acid groups (broad SMARTS) is 1. The van der Waals surface area contributed by atoms with Gasteiger partial charge in [-0.05, 0) is 40.5 Å². The highest BCUT2D eigenvalue weighted by Crippen LogP contribution is 2.22. The van der Waals surface area contributed by atoms with Crippen molar-refractivity contribution >= 4 is 37.6 Å². The molecular formula is C13H16BrNO5S. The van der Waals surface area contributed by atoms with Crippen LogP contribution in [-0.2, 0) is 14.6 Å². The molecule has 0 bridgehead atoms.